The van der Waals surface area contributed by atoms with Crippen molar-refractivity contribution < 1.29 is 23.5 Å². The zero-order chi connectivity index (χ0) is 24.6. The highest BCUT2D eigenvalue weighted by molar-refractivity contribution is 6.30. The van der Waals surface area contributed by atoms with E-state index in [0.717, 1.165) is 6.42 Å². The minimum atomic E-state index is -0.551. The van der Waals surface area contributed by atoms with Crippen LogP contribution >= 0.6 is 11.6 Å². The fourth-order valence-corrected chi connectivity index (χ4v) is 4.81. The van der Waals surface area contributed by atoms with Gasteiger partial charge in [-0.05, 0) is 46.1 Å². The molecule has 3 unspecified atom stereocenters. The maximum Gasteiger partial charge on any atom is 0.414 e. The predicted octanol–water partition coefficient (Wildman–Crippen LogP) is 5.06. The number of ketones is 1. The Balaban J connectivity index is 1.95. The topological polar surface area (TPSA) is 99.7 Å². The molecule has 1 aliphatic heterocycles. The summed E-state index contributed by atoms with van der Waals surface area (Å²) >= 11 is 6.30. The van der Waals surface area contributed by atoms with Crippen LogP contribution < -0.4 is 4.90 Å². The second kappa shape index (κ2) is 9.76. The molecular formula is C24H29ClN4O5. The van der Waals surface area contributed by atoms with Gasteiger partial charge in [-0.3, -0.25) is 14.4 Å². The molecule has 4 heterocycles. The standard InChI is InChI=1S/C24H29ClN4O5/c1-6-17-9-16(8-13(3)33-17)29(24(31)32-7-2)20-18-10-19(25)27-14(4)22(18)34-23(20)21(30)15-11-26-28(5)12-15/h10-13,16-17H,6-9H2,1-5H3. The molecule has 0 saturated carbocycles. The van der Waals surface area contributed by atoms with Crippen LogP contribution in [0.4, 0.5) is 10.5 Å². The van der Waals surface area contributed by atoms with Gasteiger partial charge in [0.15, 0.2) is 11.3 Å². The molecule has 4 rings (SSSR count). The van der Waals surface area contributed by atoms with Gasteiger partial charge in [-0.1, -0.05) is 18.5 Å². The summed E-state index contributed by atoms with van der Waals surface area (Å²) in [5, 5.41) is 4.88. The van der Waals surface area contributed by atoms with Crippen molar-refractivity contribution in [3.05, 3.63) is 40.6 Å². The van der Waals surface area contributed by atoms with Gasteiger partial charge in [0, 0.05) is 19.3 Å². The number of hydrogen-bond acceptors (Lipinski definition) is 7. The van der Waals surface area contributed by atoms with Crippen LogP contribution in [0.5, 0.6) is 0 Å². The van der Waals surface area contributed by atoms with Gasteiger partial charge in [0.2, 0.25) is 5.78 Å². The van der Waals surface area contributed by atoms with Crippen LogP contribution in [-0.4, -0.2) is 51.5 Å². The number of ether oxygens (including phenoxy) is 2. The molecule has 0 N–H and O–H groups in total. The first-order valence-electron chi connectivity index (χ1n) is 11.5. The van der Waals surface area contributed by atoms with E-state index in [1.165, 1.54) is 10.9 Å². The average Bonchev–Trinajstić information content (AvgIpc) is 3.38. The van der Waals surface area contributed by atoms with Crippen molar-refractivity contribution in [2.75, 3.05) is 11.5 Å². The van der Waals surface area contributed by atoms with Gasteiger partial charge in [-0.25, -0.2) is 9.78 Å². The van der Waals surface area contributed by atoms with Crippen LogP contribution in [-0.2, 0) is 16.5 Å². The van der Waals surface area contributed by atoms with E-state index in [4.69, 9.17) is 25.5 Å². The number of rotatable bonds is 6. The average molecular weight is 489 g/mol. The quantitative estimate of drug-likeness (QED) is 0.353. The molecule has 9 nitrogen and oxygen atoms in total. The van der Waals surface area contributed by atoms with Crippen LogP contribution in [0.1, 0.15) is 61.8 Å². The van der Waals surface area contributed by atoms with Crippen LogP contribution in [0.25, 0.3) is 11.0 Å². The van der Waals surface area contributed by atoms with Gasteiger partial charge in [0.25, 0.3) is 0 Å². The largest absolute Gasteiger partial charge is 0.449 e. The Morgan fingerprint density at radius 1 is 1.32 bits per heavy atom. The summed E-state index contributed by atoms with van der Waals surface area (Å²) in [5.74, 6) is -0.369. The fourth-order valence-electron chi connectivity index (χ4n) is 4.58. The van der Waals surface area contributed by atoms with Crippen molar-refractivity contribution in [2.24, 2.45) is 7.05 Å². The first kappa shape index (κ1) is 24.2. The number of anilines is 1. The molecule has 1 saturated heterocycles. The summed E-state index contributed by atoms with van der Waals surface area (Å²) in [6, 6.07) is 1.36. The minimum absolute atomic E-state index is 0.0201. The highest BCUT2D eigenvalue weighted by Gasteiger charge is 2.39. The van der Waals surface area contributed by atoms with E-state index in [2.05, 4.69) is 10.1 Å². The SMILES string of the molecule is CCOC(=O)N(c1c(C(=O)c2cnn(C)c2)oc2c(C)nc(Cl)cc12)C1CC(C)OC(CC)C1. The lowest BCUT2D eigenvalue weighted by Gasteiger charge is -2.39. The van der Waals surface area contributed by atoms with Gasteiger partial charge in [0.1, 0.15) is 10.8 Å². The van der Waals surface area contributed by atoms with Gasteiger partial charge < -0.3 is 13.9 Å². The lowest BCUT2D eigenvalue weighted by molar-refractivity contribution is -0.0485. The normalized spacial score (nSPS) is 20.5. The number of aromatic nitrogens is 3. The lowest BCUT2D eigenvalue weighted by atomic mass is 9.95. The molecular weight excluding hydrogens is 460 g/mol. The molecule has 1 amide bonds. The summed E-state index contributed by atoms with van der Waals surface area (Å²) in [5.41, 5.74) is 1.59. The number of nitrogens with zero attached hydrogens (tertiary/aromatic N) is 4. The van der Waals surface area contributed by atoms with Gasteiger partial charge in [0.05, 0.1) is 41.7 Å². The van der Waals surface area contributed by atoms with Crippen molar-refractivity contribution in [2.45, 2.75) is 65.2 Å². The van der Waals surface area contributed by atoms with Crippen LogP contribution in [0.15, 0.2) is 22.9 Å². The Labute approximate surface area is 203 Å². The molecule has 0 aliphatic carbocycles. The number of pyridine rings is 1. The van der Waals surface area contributed by atoms with Crippen LogP contribution in [0.2, 0.25) is 5.15 Å². The number of aryl methyl sites for hydroxylation is 2. The van der Waals surface area contributed by atoms with Gasteiger partial charge in [-0.2, -0.15) is 5.10 Å². The number of furan rings is 1. The Kier molecular flexibility index (Phi) is 6.95. The number of carbonyl (C=O) groups excluding carboxylic acids is 2. The van der Waals surface area contributed by atoms with E-state index >= 15 is 0 Å². The summed E-state index contributed by atoms with van der Waals surface area (Å²) in [4.78, 5) is 32.8. The Morgan fingerprint density at radius 2 is 2.09 bits per heavy atom. The van der Waals surface area contributed by atoms with Crippen molar-refractivity contribution >= 4 is 40.1 Å². The van der Waals surface area contributed by atoms with E-state index in [1.54, 1.807) is 38.1 Å². The highest BCUT2D eigenvalue weighted by atomic mass is 35.5. The third-order valence-corrected chi connectivity index (χ3v) is 6.24. The molecule has 10 heteroatoms. The number of carbonyl (C=O) groups is 2. The van der Waals surface area contributed by atoms with Gasteiger partial charge in [-0.15, -0.1) is 0 Å². The van der Waals surface area contributed by atoms with E-state index in [9.17, 15) is 9.59 Å². The first-order chi connectivity index (χ1) is 16.2. The van der Waals surface area contributed by atoms with Gasteiger partial charge >= 0.3 is 6.09 Å². The number of halogens is 1. The van der Waals surface area contributed by atoms with E-state index in [1.807, 2.05) is 13.8 Å². The summed E-state index contributed by atoms with van der Waals surface area (Å²) in [7, 11) is 1.73. The smallest absolute Gasteiger partial charge is 0.414 e. The third kappa shape index (κ3) is 4.54. The zero-order valence-electron chi connectivity index (χ0n) is 20.0. The molecule has 1 fully saturated rings. The number of amides is 1. The van der Waals surface area contributed by atoms with E-state index < -0.39 is 11.9 Å². The molecule has 3 atom stereocenters. The van der Waals surface area contributed by atoms with Crippen molar-refractivity contribution in [3.63, 3.8) is 0 Å². The maximum absolute atomic E-state index is 13.6. The number of fused-ring (bicyclic) bond motifs is 1. The summed E-state index contributed by atoms with van der Waals surface area (Å²) in [6.07, 6.45) is 4.43. The third-order valence-electron chi connectivity index (χ3n) is 6.05. The Hall–Kier alpha value is -2.91. The van der Waals surface area contributed by atoms with Crippen molar-refractivity contribution in [3.8, 4) is 0 Å². The maximum atomic E-state index is 13.6. The first-order valence-corrected chi connectivity index (χ1v) is 11.9. The molecule has 34 heavy (non-hydrogen) atoms. The molecule has 1 aliphatic rings. The molecule has 182 valence electrons. The molecule has 0 aromatic carbocycles. The summed E-state index contributed by atoms with van der Waals surface area (Å²) in [6.45, 7) is 7.72. The minimum Gasteiger partial charge on any atom is -0.449 e. The van der Waals surface area contributed by atoms with Crippen LogP contribution in [0.3, 0.4) is 0 Å². The molecule has 0 radical (unpaired) electrons. The lowest BCUT2D eigenvalue weighted by Crippen LogP contribution is -2.48. The molecule has 3 aromatic rings. The Bertz CT molecular complexity index is 1220. The number of hydrogen-bond donors (Lipinski definition) is 0. The van der Waals surface area contributed by atoms with Crippen molar-refractivity contribution in [1.82, 2.24) is 14.8 Å². The highest BCUT2D eigenvalue weighted by Crippen LogP contribution is 2.41. The second-order valence-corrected chi connectivity index (χ2v) is 8.98. The van der Waals surface area contributed by atoms with Crippen molar-refractivity contribution in [1.29, 1.82) is 0 Å². The molecule has 3 aromatic heterocycles. The fraction of sp³-hybridized carbons (Fsp3) is 0.500. The molecule has 0 bridgehead atoms. The Morgan fingerprint density at radius 3 is 2.74 bits per heavy atom. The van der Waals surface area contributed by atoms with E-state index in [0.29, 0.717) is 40.8 Å². The second-order valence-electron chi connectivity index (χ2n) is 8.59. The molecule has 0 spiro atoms. The zero-order valence-corrected chi connectivity index (χ0v) is 20.8. The van der Waals surface area contributed by atoms with Crippen LogP contribution in [0, 0.1) is 6.92 Å². The summed E-state index contributed by atoms with van der Waals surface area (Å²) < 4.78 is 19.1. The predicted molar refractivity (Wildman–Crippen MR) is 128 cm³/mol. The monoisotopic (exact) mass is 488 g/mol. The van der Waals surface area contributed by atoms with E-state index in [-0.39, 0.29) is 35.8 Å².